The Labute approximate surface area is 148 Å². The number of amides is 2. The topological polar surface area (TPSA) is 70.7 Å². The Morgan fingerprint density at radius 3 is 2.64 bits per heavy atom. The van der Waals surface area contributed by atoms with Crippen molar-refractivity contribution in [3.63, 3.8) is 0 Å². The number of anilines is 1. The summed E-state index contributed by atoms with van der Waals surface area (Å²) in [6.07, 6.45) is 2.02. The van der Waals surface area contributed by atoms with E-state index in [9.17, 15) is 9.59 Å². The van der Waals surface area contributed by atoms with Gasteiger partial charge in [-0.2, -0.15) is 0 Å². The van der Waals surface area contributed by atoms with Crippen molar-refractivity contribution in [2.24, 2.45) is 5.92 Å². The summed E-state index contributed by atoms with van der Waals surface area (Å²) in [5.74, 6) is 0.489. The first-order valence-electron chi connectivity index (χ1n) is 8.86. The maximum atomic E-state index is 12.8. The van der Waals surface area contributed by atoms with Crippen LogP contribution in [0.1, 0.15) is 51.6 Å². The van der Waals surface area contributed by atoms with Crippen molar-refractivity contribution in [1.82, 2.24) is 10.6 Å². The summed E-state index contributed by atoms with van der Waals surface area (Å²) in [5, 5.41) is 6.03. The van der Waals surface area contributed by atoms with Gasteiger partial charge in [-0.05, 0) is 44.7 Å². The van der Waals surface area contributed by atoms with E-state index >= 15 is 0 Å². The molecule has 0 bridgehead atoms. The number of rotatable bonds is 3. The van der Waals surface area contributed by atoms with Gasteiger partial charge in [-0.25, -0.2) is 4.79 Å². The summed E-state index contributed by atoms with van der Waals surface area (Å²) < 4.78 is 5.31. The summed E-state index contributed by atoms with van der Waals surface area (Å²) >= 11 is 0. The van der Waals surface area contributed by atoms with E-state index < -0.39 is 17.9 Å². The molecule has 136 valence electrons. The van der Waals surface area contributed by atoms with Crippen LogP contribution in [0.25, 0.3) is 0 Å². The molecule has 2 N–H and O–H groups in total. The highest BCUT2D eigenvalue weighted by Gasteiger charge is 2.36. The van der Waals surface area contributed by atoms with Gasteiger partial charge in [0, 0.05) is 18.8 Å². The van der Waals surface area contributed by atoms with E-state index in [1.807, 2.05) is 18.2 Å². The minimum Gasteiger partial charge on any atom is -0.444 e. The fourth-order valence-corrected chi connectivity index (χ4v) is 3.17. The van der Waals surface area contributed by atoms with E-state index in [2.05, 4.69) is 16.7 Å². The van der Waals surface area contributed by atoms with Crippen molar-refractivity contribution >= 4 is 17.7 Å². The van der Waals surface area contributed by atoms with Crippen LogP contribution in [0.3, 0.4) is 0 Å². The molecule has 6 heteroatoms. The van der Waals surface area contributed by atoms with Crippen molar-refractivity contribution in [1.29, 1.82) is 0 Å². The van der Waals surface area contributed by atoms with Crippen molar-refractivity contribution in [3.8, 4) is 0 Å². The molecule has 0 aromatic heterocycles. The van der Waals surface area contributed by atoms with Gasteiger partial charge in [0.2, 0.25) is 0 Å². The van der Waals surface area contributed by atoms with Gasteiger partial charge in [0.25, 0.3) is 5.91 Å². The molecule has 2 amide bonds. The quantitative estimate of drug-likeness (QED) is 0.884. The predicted molar refractivity (Wildman–Crippen MR) is 96.2 cm³/mol. The summed E-state index contributed by atoms with van der Waals surface area (Å²) in [4.78, 5) is 26.6. The molecule has 6 nitrogen and oxygen atoms in total. The molecule has 2 aliphatic rings. The minimum atomic E-state index is -0.809. The zero-order valence-corrected chi connectivity index (χ0v) is 15.3. The molecular weight excluding hydrogens is 318 g/mol. The fourth-order valence-electron chi connectivity index (χ4n) is 3.17. The smallest absolute Gasteiger partial charge is 0.409 e. The molecule has 1 aliphatic carbocycles. The maximum absolute atomic E-state index is 12.8. The molecule has 1 fully saturated rings. The van der Waals surface area contributed by atoms with Crippen molar-refractivity contribution in [2.45, 2.75) is 57.8 Å². The lowest BCUT2D eigenvalue weighted by Crippen LogP contribution is -2.55. The number of hydrogen-bond acceptors (Lipinski definition) is 4. The van der Waals surface area contributed by atoms with E-state index in [1.165, 1.54) is 12.8 Å². The summed E-state index contributed by atoms with van der Waals surface area (Å²) in [5.41, 5.74) is 1.37. The van der Waals surface area contributed by atoms with Gasteiger partial charge in [0.05, 0.1) is 0 Å². The second-order valence-electron chi connectivity index (χ2n) is 7.93. The number of ether oxygens (including phenoxy) is 1. The van der Waals surface area contributed by atoms with Gasteiger partial charge < -0.3 is 9.64 Å². The lowest BCUT2D eigenvalue weighted by atomic mass is 9.99. The van der Waals surface area contributed by atoms with Crippen LogP contribution in [-0.2, 0) is 9.53 Å². The van der Waals surface area contributed by atoms with Crippen LogP contribution in [0, 0.1) is 5.92 Å². The largest absolute Gasteiger partial charge is 0.444 e. The Morgan fingerprint density at radius 2 is 2.00 bits per heavy atom. The van der Waals surface area contributed by atoms with E-state index in [0.29, 0.717) is 5.92 Å². The minimum absolute atomic E-state index is 0.0255. The van der Waals surface area contributed by atoms with Crippen LogP contribution in [0.2, 0.25) is 0 Å². The maximum Gasteiger partial charge on any atom is 0.409 e. The molecule has 1 aromatic carbocycles. The first-order chi connectivity index (χ1) is 11.7. The van der Waals surface area contributed by atoms with Gasteiger partial charge in [0.1, 0.15) is 5.60 Å². The number of para-hydroxylation sites is 1. The number of hydrogen-bond donors (Lipinski definition) is 2. The molecule has 3 rings (SSSR count). The SMILES string of the molecule is CN1C(=O)[C@H](NC(=O)OC(C)(C)C)NC(CC2CC2)c2ccccc21. The summed E-state index contributed by atoms with van der Waals surface area (Å²) in [7, 11) is 1.74. The van der Waals surface area contributed by atoms with Crippen molar-refractivity contribution in [2.75, 3.05) is 11.9 Å². The van der Waals surface area contributed by atoms with Crippen molar-refractivity contribution in [3.05, 3.63) is 29.8 Å². The van der Waals surface area contributed by atoms with Crippen LogP contribution in [0.15, 0.2) is 24.3 Å². The molecule has 0 spiro atoms. The van der Waals surface area contributed by atoms with E-state index in [4.69, 9.17) is 4.74 Å². The Hall–Kier alpha value is -2.08. The number of fused-ring (bicyclic) bond motifs is 1. The van der Waals surface area contributed by atoms with E-state index in [0.717, 1.165) is 17.7 Å². The molecule has 1 saturated carbocycles. The standard InChI is InChI=1S/C19H27N3O3/c1-19(2,3)25-18(24)21-16-17(23)22(4)15-8-6-5-7-13(15)14(20-16)11-12-9-10-12/h5-8,12,14,16,20H,9-11H2,1-4H3,(H,21,24)/t14?,16-/m0/s1. The number of nitrogens with one attached hydrogen (secondary N) is 2. The molecular formula is C19H27N3O3. The third-order valence-corrected chi connectivity index (χ3v) is 4.55. The Balaban J connectivity index is 1.83. The second-order valence-corrected chi connectivity index (χ2v) is 7.93. The molecule has 0 saturated heterocycles. The zero-order valence-electron chi connectivity index (χ0n) is 15.3. The Kier molecular flexibility index (Phi) is 4.73. The number of carbonyl (C=O) groups excluding carboxylic acids is 2. The first-order valence-corrected chi connectivity index (χ1v) is 8.86. The molecule has 1 aromatic rings. The van der Waals surface area contributed by atoms with Crippen LogP contribution in [0.5, 0.6) is 0 Å². The highest BCUT2D eigenvalue weighted by Crippen LogP contribution is 2.40. The monoisotopic (exact) mass is 345 g/mol. The normalized spacial score (nSPS) is 23.7. The molecule has 2 atom stereocenters. The zero-order chi connectivity index (χ0) is 18.2. The van der Waals surface area contributed by atoms with Crippen LogP contribution >= 0.6 is 0 Å². The second kappa shape index (κ2) is 6.67. The average Bonchev–Trinajstić information content (AvgIpc) is 3.34. The van der Waals surface area contributed by atoms with Gasteiger partial charge >= 0.3 is 6.09 Å². The molecule has 1 aliphatic heterocycles. The lowest BCUT2D eigenvalue weighted by molar-refractivity contribution is -0.121. The van der Waals surface area contributed by atoms with Gasteiger partial charge in [0.15, 0.2) is 6.17 Å². The number of nitrogens with zero attached hydrogens (tertiary/aromatic N) is 1. The van der Waals surface area contributed by atoms with E-state index in [1.54, 1.807) is 32.7 Å². The number of likely N-dealkylation sites (N-methyl/N-ethyl adjacent to an activating group) is 1. The van der Waals surface area contributed by atoms with Gasteiger partial charge in [-0.1, -0.05) is 31.0 Å². The van der Waals surface area contributed by atoms with Crippen LogP contribution in [0.4, 0.5) is 10.5 Å². The third-order valence-electron chi connectivity index (χ3n) is 4.55. The highest BCUT2D eigenvalue weighted by molar-refractivity contribution is 5.99. The predicted octanol–water partition coefficient (Wildman–Crippen LogP) is 2.94. The Morgan fingerprint density at radius 1 is 1.32 bits per heavy atom. The lowest BCUT2D eigenvalue weighted by Gasteiger charge is -2.26. The molecule has 0 radical (unpaired) electrons. The summed E-state index contributed by atoms with van der Waals surface area (Å²) in [6.45, 7) is 5.40. The average molecular weight is 345 g/mol. The fraction of sp³-hybridized carbons (Fsp3) is 0.579. The molecule has 1 heterocycles. The van der Waals surface area contributed by atoms with Gasteiger partial charge in [-0.15, -0.1) is 0 Å². The number of benzene rings is 1. The molecule has 25 heavy (non-hydrogen) atoms. The molecule has 1 unspecified atom stereocenters. The summed E-state index contributed by atoms with van der Waals surface area (Å²) in [6, 6.07) is 7.94. The Bertz CT molecular complexity index is 664. The van der Waals surface area contributed by atoms with E-state index in [-0.39, 0.29) is 11.9 Å². The van der Waals surface area contributed by atoms with Crippen LogP contribution in [-0.4, -0.2) is 30.8 Å². The van der Waals surface area contributed by atoms with Crippen molar-refractivity contribution < 1.29 is 14.3 Å². The van der Waals surface area contributed by atoms with Crippen LogP contribution < -0.4 is 15.5 Å². The number of alkyl carbamates (subject to hydrolysis) is 1. The van der Waals surface area contributed by atoms with Gasteiger partial charge in [-0.3, -0.25) is 15.4 Å². The number of carbonyl (C=O) groups is 2. The third kappa shape index (κ3) is 4.31. The first kappa shape index (κ1) is 17.7. The highest BCUT2D eigenvalue weighted by atomic mass is 16.6.